The number of benzene rings is 1. The summed E-state index contributed by atoms with van der Waals surface area (Å²) in [5, 5.41) is 0.964. The van der Waals surface area contributed by atoms with Gasteiger partial charge in [-0.25, -0.2) is 9.97 Å². The lowest BCUT2D eigenvalue weighted by Crippen LogP contribution is -1.90. The fraction of sp³-hybridized carbons (Fsp3) is 0. The minimum absolute atomic E-state index is 0.460. The topological polar surface area (TPSA) is 56.0 Å². The number of rotatable bonds is 2. The van der Waals surface area contributed by atoms with Gasteiger partial charge in [0.2, 0.25) is 0 Å². The summed E-state index contributed by atoms with van der Waals surface area (Å²) in [6, 6.07) is 7.68. The van der Waals surface area contributed by atoms with Crippen LogP contribution < -0.4 is 0 Å². The van der Waals surface area contributed by atoms with Gasteiger partial charge in [0, 0.05) is 17.8 Å². The zero-order chi connectivity index (χ0) is 11.7. The number of carbonyl (C=O) groups excluding carboxylic acids is 1. The Morgan fingerprint density at radius 2 is 1.88 bits per heavy atom. The summed E-state index contributed by atoms with van der Waals surface area (Å²) in [6.07, 6.45) is 5.34. The van der Waals surface area contributed by atoms with Crippen LogP contribution in [0.3, 0.4) is 0 Å². The van der Waals surface area contributed by atoms with E-state index < -0.39 is 0 Å². The third kappa shape index (κ3) is 1.59. The molecule has 0 fully saturated rings. The molecule has 0 amide bonds. The predicted molar refractivity (Wildman–Crippen MR) is 62.6 cm³/mol. The molecule has 82 valence electrons. The van der Waals surface area contributed by atoms with Crippen molar-refractivity contribution in [2.45, 2.75) is 0 Å². The number of hydrogen-bond donors (Lipinski definition) is 0. The number of nitrogens with zero attached hydrogens (tertiary/aromatic N) is 2. The molecule has 0 aliphatic rings. The summed E-state index contributed by atoms with van der Waals surface area (Å²) in [5.74, 6) is 0.556. The van der Waals surface area contributed by atoms with Gasteiger partial charge in [-0.15, -0.1) is 0 Å². The van der Waals surface area contributed by atoms with Gasteiger partial charge < -0.3 is 4.42 Å². The minimum Gasteiger partial charge on any atom is -0.464 e. The maximum absolute atomic E-state index is 10.5. The summed E-state index contributed by atoms with van der Waals surface area (Å²) < 4.78 is 5.41. The first-order valence-electron chi connectivity index (χ1n) is 5.12. The fourth-order valence-electron chi connectivity index (χ4n) is 1.69. The van der Waals surface area contributed by atoms with Crippen LogP contribution in [0, 0.1) is 0 Å². The van der Waals surface area contributed by atoms with E-state index in [1.54, 1.807) is 6.26 Å². The van der Waals surface area contributed by atoms with Crippen molar-refractivity contribution in [2.24, 2.45) is 0 Å². The van der Waals surface area contributed by atoms with Crippen molar-refractivity contribution in [2.75, 3.05) is 0 Å². The van der Waals surface area contributed by atoms with E-state index in [4.69, 9.17) is 4.42 Å². The van der Waals surface area contributed by atoms with E-state index in [0.29, 0.717) is 11.4 Å². The smallest absolute Gasteiger partial charge is 0.163 e. The minimum atomic E-state index is 0.460. The first-order chi connectivity index (χ1) is 8.38. The molecular weight excluding hydrogens is 216 g/mol. The SMILES string of the molecule is O=Cc1cnc(-c2coc3ccccc23)nc1. The number of carbonyl (C=O) groups is 1. The van der Waals surface area contributed by atoms with Crippen LogP contribution in [-0.2, 0) is 0 Å². The zero-order valence-electron chi connectivity index (χ0n) is 8.83. The van der Waals surface area contributed by atoms with Gasteiger partial charge in [-0.05, 0) is 6.07 Å². The number of aldehydes is 1. The Hall–Kier alpha value is -2.49. The maximum atomic E-state index is 10.5. The summed E-state index contributed by atoms with van der Waals surface area (Å²) in [5.41, 5.74) is 2.09. The van der Waals surface area contributed by atoms with Crippen LogP contribution >= 0.6 is 0 Å². The lowest BCUT2D eigenvalue weighted by atomic mass is 10.1. The highest BCUT2D eigenvalue weighted by molar-refractivity contribution is 5.92. The quantitative estimate of drug-likeness (QED) is 0.628. The summed E-state index contributed by atoms with van der Waals surface area (Å²) in [7, 11) is 0. The van der Waals surface area contributed by atoms with Crippen LogP contribution in [0.1, 0.15) is 10.4 Å². The van der Waals surface area contributed by atoms with E-state index in [1.165, 1.54) is 12.4 Å². The molecule has 4 heteroatoms. The van der Waals surface area contributed by atoms with E-state index in [1.807, 2.05) is 24.3 Å². The van der Waals surface area contributed by atoms with Crippen LogP contribution in [0.25, 0.3) is 22.4 Å². The molecule has 2 aromatic heterocycles. The third-order valence-corrected chi connectivity index (χ3v) is 2.53. The Bertz CT molecular complexity index is 671. The molecule has 0 aliphatic carbocycles. The zero-order valence-corrected chi connectivity index (χ0v) is 8.83. The Labute approximate surface area is 96.9 Å². The van der Waals surface area contributed by atoms with Crippen molar-refractivity contribution >= 4 is 17.3 Å². The molecule has 1 aromatic carbocycles. The molecule has 0 bridgehead atoms. The maximum Gasteiger partial charge on any atom is 0.163 e. The third-order valence-electron chi connectivity index (χ3n) is 2.53. The Balaban J connectivity index is 2.16. The van der Waals surface area contributed by atoms with Crippen LogP contribution in [0.4, 0.5) is 0 Å². The van der Waals surface area contributed by atoms with E-state index in [2.05, 4.69) is 9.97 Å². The Morgan fingerprint density at radius 3 is 2.65 bits per heavy atom. The van der Waals surface area contributed by atoms with Gasteiger partial charge in [-0.1, -0.05) is 18.2 Å². The van der Waals surface area contributed by atoms with Gasteiger partial charge in [0.15, 0.2) is 12.1 Å². The summed E-state index contributed by atoms with van der Waals surface area (Å²) in [6.45, 7) is 0. The second-order valence-corrected chi connectivity index (χ2v) is 3.60. The van der Waals surface area contributed by atoms with Gasteiger partial charge in [0.25, 0.3) is 0 Å². The van der Waals surface area contributed by atoms with Gasteiger partial charge in [0.1, 0.15) is 11.8 Å². The van der Waals surface area contributed by atoms with Crippen molar-refractivity contribution in [1.82, 2.24) is 9.97 Å². The van der Waals surface area contributed by atoms with Crippen molar-refractivity contribution in [3.8, 4) is 11.4 Å². The first-order valence-corrected chi connectivity index (χ1v) is 5.12. The highest BCUT2D eigenvalue weighted by Gasteiger charge is 2.09. The highest BCUT2D eigenvalue weighted by atomic mass is 16.3. The van der Waals surface area contributed by atoms with Gasteiger partial charge in [0.05, 0.1) is 11.1 Å². The second kappa shape index (κ2) is 3.83. The van der Waals surface area contributed by atoms with Crippen LogP contribution in [0.2, 0.25) is 0 Å². The van der Waals surface area contributed by atoms with E-state index >= 15 is 0 Å². The number of fused-ring (bicyclic) bond motifs is 1. The number of aromatic nitrogens is 2. The van der Waals surface area contributed by atoms with Gasteiger partial charge >= 0.3 is 0 Å². The fourth-order valence-corrected chi connectivity index (χ4v) is 1.69. The van der Waals surface area contributed by atoms with E-state index in [0.717, 1.165) is 22.8 Å². The molecule has 2 heterocycles. The molecule has 4 nitrogen and oxygen atoms in total. The van der Waals surface area contributed by atoms with Gasteiger partial charge in [-0.2, -0.15) is 0 Å². The molecule has 0 atom stereocenters. The molecule has 0 saturated carbocycles. The summed E-state index contributed by atoms with van der Waals surface area (Å²) in [4.78, 5) is 18.8. The normalized spacial score (nSPS) is 10.6. The molecule has 17 heavy (non-hydrogen) atoms. The molecule has 3 rings (SSSR count). The molecule has 0 saturated heterocycles. The number of hydrogen-bond acceptors (Lipinski definition) is 4. The molecule has 0 unspecified atom stereocenters. The number of para-hydroxylation sites is 1. The molecule has 3 aromatic rings. The van der Waals surface area contributed by atoms with Crippen molar-refractivity contribution in [3.63, 3.8) is 0 Å². The van der Waals surface area contributed by atoms with Crippen LogP contribution in [0.15, 0.2) is 47.3 Å². The first kappa shape index (κ1) is 9.72. The lowest BCUT2D eigenvalue weighted by Gasteiger charge is -1.96. The molecule has 0 N–H and O–H groups in total. The van der Waals surface area contributed by atoms with Crippen molar-refractivity contribution in [3.05, 3.63) is 48.5 Å². The van der Waals surface area contributed by atoms with Gasteiger partial charge in [-0.3, -0.25) is 4.79 Å². The largest absolute Gasteiger partial charge is 0.464 e. The average Bonchev–Trinajstić information content (AvgIpc) is 2.83. The average molecular weight is 224 g/mol. The van der Waals surface area contributed by atoms with Crippen molar-refractivity contribution in [1.29, 1.82) is 0 Å². The molecule has 0 spiro atoms. The molecular formula is C13H8N2O2. The van der Waals surface area contributed by atoms with E-state index in [-0.39, 0.29) is 0 Å². The monoisotopic (exact) mass is 224 g/mol. The van der Waals surface area contributed by atoms with Crippen LogP contribution in [0.5, 0.6) is 0 Å². The standard InChI is InChI=1S/C13H8N2O2/c16-7-9-5-14-13(15-6-9)11-8-17-12-4-2-1-3-10(11)12/h1-8H. The Kier molecular flexibility index (Phi) is 2.19. The van der Waals surface area contributed by atoms with E-state index in [9.17, 15) is 4.79 Å². The number of furan rings is 1. The summed E-state index contributed by atoms with van der Waals surface area (Å²) >= 11 is 0. The molecule has 0 radical (unpaired) electrons. The second-order valence-electron chi connectivity index (χ2n) is 3.60. The van der Waals surface area contributed by atoms with Crippen LogP contribution in [-0.4, -0.2) is 16.3 Å². The Morgan fingerprint density at radius 1 is 1.12 bits per heavy atom. The highest BCUT2D eigenvalue weighted by Crippen LogP contribution is 2.27. The molecule has 0 aliphatic heterocycles. The van der Waals surface area contributed by atoms with Crippen molar-refractivity contribution < 1.29 is 9.21 Å². The lowest BCUT2D eigenvalue weighted by molar-refractivity contribution is 0.112. The predicted octanol–water partition coefficient (Wildman–Crippen LogP) is 2.70.